The van der Waals surface area contributed by atoms with Crippen LogP contribution in [0.2, 0.25) is 0 Å². The van der Waals surface area contributed by atoms with Crippen LogP contribution in [0.1, 0.15) is 44.0 Å². The van der Waals surface area contributed by atoms with Gasteiger partial charge in [-0.2, -0.15) is 0 Å². The maximum Gasteiger partial charge on any atom is 0.309 e. The number of carbonyl (C=O) groups is 1. The maximum absolute atomic E-state index is 13.2. The van der Waals surface area contributed by atoms with Gasteiger partial charge in [0.05, 0.1) is 29.6 Å². The molecule has 0 aliphatic carbocycles. The van der Waals surface area contributed by atoms with E-state index in [0.29, 0.717) is 12.1 Å². The minimum atomic E-state index is -0.694. The molecule has 1 fully saturated rings. The molecular formula is C18H20FN3O3. The third kappa shape index (κ3) is 3.93. The van der Waals surface area contributed by atoms with Crippen molar-refractivity contribution in [3.05, 3.63) is 47.5 Å². The molecule has 132 valence electrons. The lowest BCUT2D eigenvalue weighted by molar-refractivity contribution is -0.156. The van der Waals surface area contributed by atoms with E-state index in [4.69, 9.17) is 4.74 Å². The molecule has 0 spiro atoms. The monoisotopic (exact) mass is 345 g/mol. The van der Waals surface area contributed by atoms with Gasteiger partial charge in [0.25, 0.3) is 0 Å². The van der Waals surface area contributed by atoms with Gasteiger partial charge in [0.1, 0.15) is 11.9 Å². The summed E-state index contributed by atoms with van der Waals surface area (Å²) < 4.78 is 20.0. The van der Waals surface area contributed by atoms with Crippen LogP contribution in [0.25, 0.3) is 11.8 Å². The molecule has 25 heavy (non-hydrogen) atoms. The molecule has 0 amide bonds. The van der Waals surface area contributed by atoms with Gasteiger partial charge in [0.15, 0.2) is 0 Å². The first-order valence-electron chi connectivity index (χ1n) is 8.21. The van der Waals surface area contributed by atoms with E-state index < -0.39 is 18.2 Å². The molecule has 2 aromatic rings. The van der Waals surface area contributed by atoms with Gasteiger partial charge in [0, 0.05) is 6.42 Å². The molecule has 2 atom stereocenters. The van der Waals surface area contributed by atoms with Gasteiger partial charge < -0.3 is 9.84 Å². The third-order valence-corrected chi connectivity index (χ3v) is 4.01. The van der Waals surface area contributed by atoms with Crippen LogP contribution in [0.5, 0.6) is 0 Å². The van der Waals surface area contributed by atoms with Gasteiger partial charge in [0.2, 0.25) is 0 Å². The SMILES string of the molecule is CC(C)c1nnn(-c2ccc(F)cc2)c1/C=C/C1CC(O)CC(=O)O1. The fourth-order valence-corrected chi connectivity index (χ4v) is 2.77. The summed E-state index contributed by atoms with van der Waals surface area (Å²) in [6, 6.07) is 5.96. The summed E-state index contributed by atoms with van der Waals surface area (Å²) in [5.74, 6) is -0.607. The number of halogens is 1. The normalized spacial score (nSPS) is 21.1. The Morgan fingerprint density at radius 1 is 1.36 bits per heavy atom. The minimum Gasteiger partial charge on any atom is -0.458 e. The first kappa shape index (κ1) is 17.3. The number of aliphatic hydroxyl groups is 1. The second-order valence-corrected chi connectivity index (χ2v) is 6.38. The number of cyclic esters (lactones) is 1. The van der Waals surface area contributed by atoms with Crippen molar-refractivity contribution in [1.82, 2.24) is 15.0 Å². The minimum absolute atomic E-state index is 0.0245. The predicted octanol–water partition coefficient (Wildman–Crippen LogP) is 2.61. The van der Waals surface area contributed by atoms with E-state index in [1.54, 1.807) is 29.0 Å². The fourth-order valence-electron chi connectivity index (χ4n) is 2.77. The topological polar surface area (TPSA) is 77.2 Å². The van der Waals surface area contributed by atoms with Crippen LogP contribution >= 0.6 is 0 Å². The molecule has 1 aliphatic heterocycles. The molecule has 2 heterocycles. The molecule has 0 saturated carbocycles. The average molecular weight is 345 g/mol. The van der Waals surface area contributed by atoms with Crippen molar-refractivity contribution >= 4 is 12.0 Å². The van der Waals surface area contributed by atoms with Gasteiger partial charge >= 0.3 is 5.97 Å². The summed E-state index contributed by atoms with van der Waals surface area (Å²) in [5.41, 5.74) is 2.20. The van der Waals surface area contributed by atoms with Crippen LogP contribution in [0, 0.1) is 5.82 Å². The van der Waals surface area contributed by atoms with Crippen LogP contribution in [0.3, 0.4) is 0 Å². The molecule has 1 saturated heterocycles. The highest BCUT2D eigenvalue weighted by Crippen LogP contribution is 2.23. The van der Waals surface area contributed by atoms with Gasteiger partial charge in [-0.3, -0.25) is 4.79 Å². The number of hydrogen-bond acceptors (Lipinski definition) is 5. The van der Waals surface area contributed by atoms with E-state index in [2.05, 4.69) is 10.3 Å². The Hall–Kier alpha value is -2.54. The molecule has 7 heteroatoms. The molecule has 0 radical (unpaired) electrons. The van der Waals surface area contributed by atoms with E-state index in [1.807, 2.05) is 13.8 Å². The lowest BCUT2D eigenvalue weighted by Crippen LogP contribution is -2.31. The quantitative estimate of drug-likeness (QED) is 0.862. The lowest BCUT2D eigenvalue weighted by atomic mass is 10.0. The molecule has 3 rings (SSSR count). The Bertz CT molecular complexity index is 783. The Labute approximate surface area is 144 Å². The number of aromatic nitrogens is 3. The first-order chi connectivity index (χ1) is 11.9. The number of nitrogens with zero attached hydrogens (tertiary/aromatic N) is 3. The molecule has 1 N–H and O–H groups in total. The van der Waals surface area contributed by atoms with E-state index in [0.717, 1.165) is 11.4 Å². The zero-order valence-electron chi connectivity index (χ0n) is 14.1. The Morgan fingerprint density at radius 3 is 2.72 bits per heavy atom. The summed E-state index contributed by atoms with van der Waals surface area (Å²) in [5, 5.41) is 18.1. The standard InChI is InChI=1S/C18H20FN3O3/c1-11(2)18-16(8-7-15-9-14(23)10-17(24)25-15)22(21-20-18)13-5-3-12(19)4-6-13/h3-8,11,14-15,23H,9-10H2,1-2H3/b8-7+. The van der Waals surface area contributed by atoms with Gasteiger partial charge in [-0.15, -0.1) is 5.10 Å². The molecule has 2 unspecified atom stereocenters. The van der Waals surface area contributed by atoms with Gasteiger partial charge in [-0.05, 0) is 42.3 Å². The summed E-state index contributed by atoms with van der Waals surface area (Å²) in [6.45, 7) is 4.00. The largest absolute Gasteiger partial charge is 0.458 e. The molecule has 6 nitrogen and oxygen atoms in total. The average Bonchev–Trinajstić information content (AvgIpc) is 2.97. The van der Waals surface area contributed by atoms with Gasteiger partial charge in [-0.1, -0.05) is 19.1 Å². The number of benzene rings is 1. The second kappa shape index (κ2) is 7.14. The molecule has 1 aromatic heterocycles. The summed E-state index contributed by atoms with van der Waals surface area (Å²) >= 11 is 0. The van der Waals surface area contributed by atoms with Crippen LogP contribution in [-0.4, -0.2) is 38.3 Å². The Kier molecular flexibility index (Phi) is 4.94. The van der Waals surface area contributed by atoms with Crippen LogP contribution in [0.4, 0.5) is 4.39 Å². The van der Waals surface area contributed by atoms with Crippen molar-refractivity contribution in [2.75, 3.05) is 0 Å². The fraction of sp³-hybridized carbons (Fsp3) is 0.389. The van der Waals surface area contributed by atoms with Crippen LogP contribution < -0.4 is 0 Å². The van der Waals surface area contributed by atoms with E-state index >= 15 is 0 Å². The second-order valence-electron chi connectivity index (χ2n) is 6.38. The third-order valence-electron chi connectivity index (χ3n) is 4.01. The van der Waals surface area contributed by atoms with Crippen molar-refractivity contribution in [2.24, 2.45) is 0 Å². The number of rotatable bonds is 4. The van der Waals surface area contributed by atoms with Crippen molar-refractivity contribution in [3.63, 3.8) is 0 Å². The van der Waals surface area contributed by atoms with Crippen molar-refractivity contribution in [1.29, 1.82) is 0 Å². The Morgan fingerprint density at radius 2 is 2.08 bits per heavy atom. The number of hydrogen-bond donors (Lipinski definition) is 1. The number of esters is 1. The van der Waals surface area contributed by atoms with E-state index in [1.165, 1.54) is 12.1 Å². The molecule has 1 aliphatic rings. The summed E-state index contributed by atoms with van der Waals surface area (Å²) in [4.78, 5) is 11.5. The Balaban J connectivity index is 1.93. The zero-order valence-corrected chi connectivity index (χ0v) is 14.1. The highest BCUT2D eigenvalue weighted by atomic mass is 19.1. The first-order valence-corrected chi connectivity index (χ1v) is 8.21. The molecule has 0 bridgehead atoms. The van der Waals surface area contributed by atoms with Crippen molar-refractivity contribution in [3.8, 4) is 5.69 Å². The number of aliphatic hydroxyl groups excluding tert-OH is 1. The number of carbonyl (C=O) groups excluding carboxylic acids is 1. The van der Waals surface area contributed by atoms with Crippen molar-refractivity contribution in [2.45, 2.75) is 44.8 Å². The molecule has 1 aromatic carbocycles. The maximum atomic E-state index is 13.2. The van der Waals surface area contributed by atoms with Crippen LogP contribution in [0.15, 0.2) is 30.3 Å². The zero-order chi connectivity index (χ0) is 18.0. The summed E-state index contributed by atoms with van der Waals surface area (Å²) in [6.07, 6.45) is 2.71. The molecular weight excluding hydrogens is 325 g/mol. The van der Waals surface area contributed by atoms with E-state index in [9.17, 15) is 14.3 Å². The smallest absolute Gasteiger partial charge is 0.309 e. The van der Waals surface area contributed by atoms with E-state index in [-0.39, 0.29) is 18.2 Å². The highest BCUT2D eigenvalue weighted by molar-refractivity contribution is 5.71. The predicted molar refractivity (Wildman–Crippen MR) is 89.6 cm³/mol. The van der Waals surface area contributed by atoms with Crippen molar-refractivity contribution < 1.29 is 19.0 Å². The summed E-state index contributed by atoms with van der Waals surface area (Å²) in [7, 11) is 0. The van der Waals surface area contributed by atoms with Gasteiger partial charge in [-0.25, -0.2) is 9.07 Å². The highest BCUT2D eigenvalue weighted by Gasteiger charge is 2.25. The lowest BCUT2D eigenvalue weighted by Gasteiger charge is -2.23. The number of ether oxygens (including phenoxy) is 1. The van der Waals surface area contributed by atoms with Crippen LogP contribution in [-0.2, 0) is 9.53 Å².